The number of methoxy groups -OCH3 is 1. The molecule has 19 heavy (non-hydrogen) atoms. The van der Waals surface area contributed by atoms with Gasteiger partial charge in [-0.15, -0.1) is 23.1 Å². The second-order valence-electron chi connectivity index (χ2n) is 3.68. The molecular formula is C11H16N2O4S2. The summed E-state index contributed by atoms with van der Waals surface area (Å²) >= 11 is 2.96. The van der Waals surface area contributed by atoms with Gasteiger partial charge in [-0.05, 0) is 6.92 Å². The number of thiazole rings is 1. The largest absolute Gasteiger partial charge is 0.467 e. The van der Waals surface area contributed by atoms with Crippen LogP contribution in [-0.2, 0) is 20.1 Å². The molecule has 0 radical (unpaired) electrons. The van der Waals surface area contributed by atoms with Crippen molar-refractivity contribution in [3.05, 3.63) is 16.1 Å². The maximum Gasteiger partial charge on any atom is 0.330 e. The van der Waals surface area contributed by atoms with Gasteiger partial charge in [0.15, 0.2) is 6.04 Å². The smallest absolute Gasteiger partial charge is 0.330 e. The van der Waals surface area contributed by atoms with E-state index in [4.69, 9.17) is 5.11 Å². The molecule has 0 aromatic carbocycles. The molecule has 2 N–H and O–H groups in total. The first kappa shape index (κ1) is 15.9. The third kappa shape index (κ3) is 5.58. The third-order valence-electron chi connectivity index (χ3n) is 2.15. The van der Waals surface area contributed by atoms with Crippen LogP contribution in [-0.4, -0.2) is 47.5 Å². The molecule has 106 valence electrons. The Bertz CT molecular complexity index is 436. The zero-order valence-electron chi connectivity index (χ0n) is 10.7. The van der Waals surface area contributed by atoms with Gasteiger partial charge in [0.2, 0.25) is 5.91 Å². The minimum Gasteiger partial charge on any atom is -0.467 e. The van der Waals surface area contributed by atoms with Gasteiger partial charge in [-0.25, -0.2) is 9.78 Å². The van der Waals surface area contributed by atoms with Crippen molar-refractivity contribution in [2.75, 3.05) is 19.5 Å². The van der Waals surface area contributed by atoms with Gasteiger partial charge in [0, 0.05) is 11.1 Å². The number of amides is 1. The minimum atomic E-state index is -1.00. The molecule has 0 bridgehead atoms. The normalized spacial score (nSPS) is 11.9. The number of hydrogen-bond donors (Lipinski definition) is 2. The Morgan fingerprint density at radius 1 is 1.63 bits per heavy atom. The standard InChI is InChI=1S/C11H16N2O4S2/c1-7-12-8(5-19-7)4-18-6-10(15)13-9(3-14)11(16)17-2/h5,9,14H,3-4,6H2,1-2H3,(H,13,15). The van der Waals surface area contributed by atoms with Gasteiger partial charge in [0.25, 0.3) is 0 Å². The Labute approximate surface area is 119 Å². The van der Waals surface area contributed by atoms with Crippen molar-refractivity contribution < 1.29 is 19.4 Å². The van der Waals surface area contributed by atoms with Crippen molar-refractivity contribution in [2.45, 2.75) is 18.7 Å². The summed E-state index contributed by atoms with van der Waals surface area (Å²) in [6.07, 6.45) is 0. The van der Waals surface area contributed by atoms with Crippen molar-refractivity contribution in [2.24, 2.45) is 0 Å². The number of rotatable bonds is 7. The number of hydrogen-bond acceptors (Lipinski definition) is 7. The maximum atomic E-state index is 11.6. The van der Waals surface area contributed by atoms with Crippen LogP contribution >= 0.6 is 23.1 Å². The van der Waals surface area contributed by atoms with Gasteiger partial charge in [0.1, 0.15) is 0 Å². The summed E-state index contributed by atoms with van der Waals surface area (Å²) in [6, 6.07) is -1.00. The van der Waals surface area contributed by atoms with Gasteiger partial charge in [0.05, 0.1) is 30.2 Å². The number of nitrogens with one attached hydrogen (secondary N) is 1. The Balaban J connectivity index is 2.29. The van der Waals surface area contributed by atoms with Gasteiger partial charge in [-0.1, -0.05) is 0 Å². The van der Waals surface area contributed by atoms with Gasteiger partial charge < -0.3 is 15.2 Å². The highest BCUT2D eigenvalue weighted by molar-refractivity contribution is 7.99. The van der Waals surface area contributed by atoms with Crippen LogP contribution in [0.2, 0.25) is 0 Å². The fourth-order valence-electron chi connectivity index (χ4n) is 1.28. The molecule has 1 rings (SSSR count). The molecule has 0 saturated carbocycles. The summed E-state index contributed by atoms with van der Waals surface area (Å²) in [5.74, 6) is -0.138. The van der Waals surface area contributed by atoms with E-state index >= 15 is 0 Å². The van der Waals surface area contributed by atoms with Gasteiger partial charge >= 0.3 is 5.97 Å². The highest BCUT2D eigenvalue weighted by Gasteiger charge is 2.20. The number of thioether (sulfide) groups is 1. The van der Waals surface area contributed by atoms with E-state index in [9.17, 15) is 9.59 Å². The second kappa shape index (κ2) is 8.13. The highest BCUT2D eigenvalue weighted by atomic mass is 32.2. The quantitative estimate of drug-likeness (QED) is 0.706. The molecule has 6 nitrogen and oxygen atoms in total. The number of nitrogens with zero attached hydrogens (tertiary/aromatic N) is 1. The molecule has 0 spiro atoms. The summed E-state index contributed by atoms with van der Waals surface area (Å²) in [7, 11) is 1.20. The Hall–Kier alpha value is -1.12. The number of carbonyl (C=O) groups excluding carboxylic acids is 2. The number of carbonyl (C=O) groups is 2. The molecule has 0 aliphatic carbocycles. The number of aliphatic hydroxyl groups is 1. The topological polar surface area (TPSA) is 88.5 Å². The van der Waals surface area contributed by atoms with Crippen molar-refractivity contribution in [1.82, 2.24) is 10.3 Å². The van der Waals surface area contributed by atoms with E-state index in [1.54, 1.807) is 11.3 Å². The van der Waals surface area contributed by atoms with Crippen LogP contribution in [0.25, 0.3) is 0 Å². The molecule has 0 fully saturated rings. The summed E-state index contributed by atoms with van der Waals surface area (Å²) < 4.78 is 4.45. The maximum absolute atomic E-state index is 11.6. The molecule has 1 heterocycles. The van der Waals surface area contributed by atoms with E-state index in [-0.39, 0.29) is 11.7 Å². The van der Waals surface area contributed by atoms with Gasteiger partial charge in [-0.3, -0.25) is 4.79 Å². The number of ether oxygens (including phenoxy) is 1. The summed E-state index contributed by atoms with van der Waals surface area (Å²) in [5, 5.41) is 14.3. The summed E-state index contributed by atoms with van der Waals surface area (Å²) in [6.45, 7) is 1.45. The molecular weight excluding hydrogens is 288 g/mol. The Morgan fingerprint density at radius 3 is 2.89 bits per heavy atom. The fraction of sp³-hybridized carbons (Fsp3) is 0.545. The molecule has 1 amide bonds. The molecule has 1 unspecified atom stereocenters. The SMILES string of the molecule is COC(=O)C(CO)NC(=O)CSCc1csc(C)n1. The summed E-state index contributed by atoms with van der Waals surface area (Å²) in [5.41, 5.74) is 0.937. The van der Waals surface area contributed by atoms with Crippen molar-refractivity contribution in [1.29, 1.82) is 0 Å². The first-order chi connectivity index (χ1) is 9.06. The lowest BCUT2D eigenvalue weighted by molar-refractivity contribution is -0.145. The van der Waals surface area contributed by atoms with Crippen LogP contribution in [0.4, 0.5) is 0 Å². The average molecular weight is 304 g/mol. The minimum absolute atomic E-state index is 0.198. The summed E-state index contributed by atoms with van der Waals surface area (Å²) in [4.78, 5) is 27.0. The van der Waals surface area contributed by atoms with E-state index in [0.29, 0.717) is 5.75 Å². The second-order valence-corrected chi connectivity index (χ2v) is 5.72. The van der Waals surface area contributed by atoms with Crippen LogP contribution in [0.5, 0.6) is 0 Å². The number of aromatic nitrogens is 1. The molecule has 1 aromatic heterocycles. The predicted molar refractivity (Wildman–Crippen MR) is 74.0 cm³/mol. The molecule has 8 heteroatoms. The van der Waals surface area contributed by atoms with Crippen LogP contribution in [0.3, 0.4) is 0 Å². The molecule has 0 aliphatic heterocycles. The van der Waals surface area contributed by atoms with Crippen LogP contribution < -0.4 is 5.32 Å². The molecule has 0 saturated heterocycles. The first-order valence-corrected chi connectivity index (χ1v) is 7.57. The van der Waals surface area contributed by atoms with E-state index in [0.717, 1.165) is 10.7 Å². The van der Waals surface area contributed by atoms with E-state index < -0.39 is 18.6 Å². The lowest BCUT2D eigenvalue weighted by Gasteiger charge is -2.13. The molecule has 0 aliphatic rings. The zero-order chi connectivity index (χ0) is 14.3. The monoisotopic (exact) mass is 304 g/mol. The van der Waals surface area contributed by atoms with E-state index in [2.05, 4.69) is 15.0 Å². The lowest BCUT2D eigenvalue weighted by atomic mass is 10.3. The predicted octanol–water partition coefficient (Wildman–Crippen LogP) is 0.335. The molecule has 1 atom stereocenters. The van der Waals surface area contributed by atoms with Crippen molar-refractivity contribution in [3.8, 4) is 0 Å². The van der Waals surface area contributed by atoms with Crippen LogP contribution in [0.15, 0.2) is 5.38 Å². The molecule has 1 aromatic rings. The van der Waals surface area contributed by atoms with Crippen LogP contribution in [0, 0.1) is 6.92 Å². The van der Waals surface area contributed by atoms with E-state index in [1.807, 2.05) is 12.3 Å². The third-order valence-corrected chi connectivity index (χ3v) is 3.94. The highest BCUT2D eigenvalue weighted by Crippen LogP contribution is 2.14. The number of aliphatic hydroxyl groups excluding tert-OH is 1. The lowest BCUT2D eigenvalue weighted by Crippen LogP contribution is -2.44. The fourth-order valence-corrected chi connectivity index (χ4v) is 2.73. The number of esters is 1. The van der Waals surface area contributed by atoms with Gasteiger partial charge in [-0.2, -0.15) is 0 Å². The number of aryl methyl sites for hydroxylation is 1. The van der Waals surface area contributed by atoms with Crippen molar-refractivity contribution in [3.63, 3.8) is 0 Å². The Morgan fingerprint density at radius 2 is 2.37 bits per heavy atom. The zero-order valence-corrected chi connectivity index (χ0v) is 12.3. The average Bonchev–Trinajstić information content (AvgIpc) is 2.80. The Kier molecular flexibility index (Phi) is 6.82. The van der Waals surface area contributed by atoms with Crippen LogP contribution in [0.1, 0.15) is 10.7 Å². The first-order valence-electron chi connectivity index (χ1n) is 5.53. The van der Waals surface area contributed by atoms with Crippen molar-refractivity contribution >= 4 is 35.0 Å². The van der Waals surface area contributed by atoms with E-state index in [1.165, 1.54) is 18.9 Å².